The lowest BCUT2D eigenvalue weighted by Gasteiger charge is -2.14. The molecule has 0 bridgehead atoms. The van der Waals surface area contributed by atoms with Crippen LogP contribution < -0.4 is 14.2 Å². The Morgan fingerprint density at radius 3 is 2.29 bits per heavy atom. The molecule has 0 unspecified atom stereocenters. The predicted molar refractivity (Wildman–Crippen MR) is 66.4 cm³/mol. The summed E-state index contributed by atoms with van der Waals surface area (Å²) in [6, 6.07) is 5.31. The second kappa shape index (κ2) is 4.67. The summed E-state index contributed by atoms with van der Waals surface area (Å²) in [6.45, 7) is 0. The smallest absolute Gasteiger partial charge is 0.204 e. The van der Waals surface area contributed by atoms with Crippen molar-refractivity contribution in [2.24, 2.45) is 0 Å². The fraction of sp³-hybridized carbons (Fsp3) is 0.250. The van der Waals surface area contributed by atoms with Crippen molar-refractivity contribution in [3.63, 3.8) is 0 Å². The molecule has 90 valence electrons. The fourth-order valence-corrected chi connectivity index (χ4v) is 1.88. The van der Waals surface area contributed by atoms with Gasteiger partial charge in [0.2, 0.25) is 5.75 Å². The molecule has 4 nitrogen and oxygen atoms in total. The first-order valence-corrected chi connectivity index (χ1v) is 5.34. The zero-order chi connectivity index (χ0) is 12.4. The van der Waals surface area contributed by atoms with Gasteiger partial charge in [-0.1, -0.05) is 11.6 Å². The SMILES string of the molecule is COc1cc2nc(Cl)ccc2c(OC)c1OC. The van der Waals surface area contributed by atoms with E-state index in [1.165, 1.54) is 0 Å². The summed E-state index contributed by atoms with van der Waals surface area (Å²) < 4.78 is 15.9. The lowest BCUT2D eigenvalue weighted by Crippen LogP contribution is -1.96. The fourth-order valence-electron chi connectivity index (χ4n) is 1.72. The van der Waals surface area contributed by atoms with E-state index in [1.807, 2.05) is 6.07 Å². The summed E-state index contributed by atoms with van der Waals surface area (Å²) in [6.07, 6.45) is 0. The van der Waals surface area contributed by atoms with Crippen molar-refractivity contribution in [3.8, 4) is 17.2 Å². The van der Waals surface area contributed by atoms with E-state index >= 15 is 0 Å². The largest absolute Gasteiger partial charge is 0.493 e. The molecule has 5 heteroatoms. The van der Waals surface area contributed by atoms with Gasteiger partial charge in [-0.05, 0) is 12.1 Å². The highest BCUT2D eigenvalue weighted by molar-refractivity contribution is 6.29. The average Bonchev–Trinajstić information content (AvgIpc) is 2.35. The van der Waals surface area contributed by atoms with Crippen molar-refractivity contribution >= 4 is 22.5 Å². The van der Waals surface area contributed by atoms with Crippen LogP contribution in [0.15, 0.2) is 18.2 Å². The lowest BCUT2D eigenvalue weighted by atomic mass is 10.1. The molecule has 0 N–H and O–H groups in total. The van der Waals surface area contributed by atoms with Gasteiger partial charge in [0.1, 0.15) is 5.15 Å². The van der Waals surface area contributed by atoms with Crippen LogP contribution in [-0.4, -0.2) is 26.3 Å². The summed E-state index contributed by atoms with van der Waals surface area (Å²) in [4.78, 5) is 4.22. The summed E-state index contributed by atoms with van der Waals surface area (Å²) in [5.74, 6) is 1.70. The van der Waals surface area contributed by atoms with Crippen LogP contribution in [-0.2, 0) is 0 Å². The van der Waals surface area contributed by atoms with Crippen molar-refractivity contribution < 1.29 is 14.2 Å². The molecule has 1 aromatic carbocycles. The number of benzene rings is 1. The van der Waals surface area contributed by atoms with Crippen LogP contribution in [0.4, 0.5) is 0 Å². The number of pyridine rings is 1. The zero-order valence-electron chi connectivity index (χ0n) is 9.78. The van der Waals surface area contributed by atoms with Crippen LogP contribution in [0.25, 0.3) is 10.9 Å². The highest BCUT2D eigenvalue weighted by Crippen LogP contribution is 2.42. The molecule has 2 rings (SSSR count). The maximum absolute atomic E-state index is 5.86. The van der Waals surface area contributed by atoms with Crippen LogP contribution in [0.3, 0.4) is 0 Å². The number of methoxy groups -OCH3 is 3. The first-order valence-electron chi connectivity index (χ1n) is 4.96. The molecule has 0 fully saturated rings. The van der Waals surface area contributed by atoms with Gasteiger partial charge in [-0.25, -0.2) is 4.98 Å². The van der Waals surface area contributed by atoms with Crippen LogP contribution in [0, 0.1) is 0 Å². The Kier molecular flexibility index (Phi) is 3.24. The number of hydrogen-bond donors (Lipinski definition) is 0. The molecule has 17 heavy (non-hydrogen) atoms. The maximum Gasteiger partial charge on any atom is 0.204 e. The van der Waals surface area contributed by atoms with Crippen LogP contribution in [0.2, 0.25) is 5.15 Å². The molecule has 0 aliphatic rings. The Bertz CT molecular complexity index is 557. The molecular formula is C12H12ClNO3. The molecule has 2 aromatic rings. The van der Waals surface area contributed by atoms with Crippen molar-refractivity contribution in [1.29, 1.82) is 0 Å². The summed E-state index contributed by atoms with van der Waals surface area (Å²) >= 11 is 5.86. The van der Waals surface area contributed by atoms with Crippen LogP contribution in [0.5, 0.6) is 17.2 Å². The first-order chi connectivity index (χ1) is 8.21. The van der Waals surface area contributed by atoms with Crippen molar-refractivity contribution in [1.82, 2.24) is 4.98 Å². The first kappa shape index (κ1) is 11.8. The minimum atomic E-state index is 0.423. The van der Waals surface area contributed by atoms with Gasteiger partial charge >= 0.3 is 0 Å². The van der Waals surface area contributed by atoms with Crippen molar-refractivity contribution in [2.45, 2.75) is 0 Å². The summed E-state index contributed by atoms with van der Waals surface area (Å²) in [7, 11) is 4.70. The minimum absolute atomic E-state index is 0.423. The lowest BCUT2D eigenvalue weighted by molar-refractivity contribution is 0.327. The number of hydrogen-bond acceptors (Lipinski definition) is 4. The van der Waals surface area contributed by atoms with E-state index in [0.29, 0.717) is 27.9 Å². The predicted octanol–water partition coefficient (Wildman–Crippen LogP) is 2.91. The quantitative estimate of drug-likeness (QED) is 0.789. The molecule has 1 aromatic heterocycles. The normalized spacial score (nSPS) is 10.4. The molecule has 0 aliphatic heterocycles. The Morgan fingerprint density at radius 1 is 1.00 bits per heavy atom. The van der Waals surface area contributed by atoms with Gasteiger partial charge in [-0.15, -0.1) is 0 Å². The number of halogens is 1. The summed E-state index contributed by atoms with van der Waals surface area (Å²) in [5, 5.41) is 1.25. The average molecular weight is 254 g/mol. The number of ether oxygens (including phenoxy) is 3. The van der Waals surface area contributed by atoms with Crippen molar-refractivity contribution in [2.75, 3.05) is 21.3 Å². The van der Waals surface area contributed by atoms with E-state index in [-0.39, 0.29) is 0 Å². The highest BCUT2D eigenvalue weighted by atomic mass is 35.5. The summed E-state index contributed by atoms with van der Waals surface area (Å²) in [5.41, 5.74) is 0.701. The zero-order valence-corrected chi connectivity index (χ0v) is 10.5. The van der Waals surface area contributed by atoms with Gasteiger partial charge in [-0.3, -0.25) is 0 Å². The number of nitrogens with zero attached hydrogens (tertiary/aromatic N) is 1. The van der Waals surface area contributed by atoms with E-state index < -0.39 is 0 Å². The topological polar surface area (TPSA) is 40.6 Å². The maximum atomic E-state index is 5.86. The molecule has 0 spiro atoms. The minimum Gasteiger partial charge on any atom is -0.493 e. The Hall–Kier alpha value is -1.68. The van der Waals surface area contributed by atoms with Crippen LogP contribution >= 0.6 is 11.6 Å². The van der Waals surface area contributed by atoms with E-state index in [1.54, 1.807) is 33.5 Å². The molecule has 0 saturated heterocycles. The van der Waals surface area contributed by atoms with Crippen LogP contribution in [0.1, 0.15) is 0 Å². The Labute approximate surface area is 104 Å². The number of rotatable bonds is 3. The molecule has 1 heterocycles. The van der Waals surface area contributed by atoms with Gasteiger partial charge in [-0.2, -0.15) is 0 Å². The van der Waals surface area contributed by atoms with E-state index in [2.05, 4.69) is 4.98 Å². The third-order valence-corrected chi connectivity index (χ3v) is 2.67. The molecule has 0 aliphatic carbocycles. The highest BCUT2D eigenvalue weighted by Gasteiger charge is 2.16. The number of fused-ring (bicyclic) bond motifs is 1. The van der Waals surface area contributed by atoms with Gasteiger partial charge in [0.05, 0.1) is 26.8 Å². The van der Waals surface area contributed by atoms with E-state index in [0.717, 1.165) is 5.39 Å². The van der Waals surface area contributed by atoms with Gasteiger partial charge in [0.25, 0.3) is 0 Å². The second-order valence-corrected chi connectivity index (χ2v) is 3.73. The molecule has 0 amide bonds. The molecule has 0 saturated carbocycles. The molecule has 0 radical (unpaired) electrons. The van der Waals surface area contributed by atoms with Gasteiger partial charge in [0, 0.05) is 11.5 Å². The van der Waals surface area contributed by atoms with Gasteiger partial charge < -0.3 is 14.2 Å². The van der Waals surface area contributed by atoms with Crippen molar-refractivity contribution in [3.05, 3.63) is 23.4 Å². The van der Waals surface area contributed by atoms with E-state index in [4.69, 9.17) is 25.8 Å². The third kappa shape index (κ3) is 1.96. The third-order valence-electron chi connectivity index (χ3n) is 2.46. The second-order valence-electron chi connectivity index (χ2n) is 3.35. The van der Waals surface area contributed by atoms with Gasteiger partial charge in [0.15, 0.2) is 11.5 Å². The molecular weight excluding hydrogens is 242 g/mol. The molecule has 0 atom stereocenters. The monoisotopic (exact) mass is 253 g/mol. The number of aromatic nitrogens is 1. The Morgan fingerprint density at radius 2 is 1.71 bits per heavy atom. The Balaban J connectivity index is 2.83. The standard InChI is InChI=1S/C12H12ClNO3/c1-15-9-6-8-7(4-5-10(13)14-8)11(16-2)12(9)17-3/h4-6H,1-3H3. The van der Waals surface area contributed by atoms with E-state index in [9.17, 15) is 0 Å².